The molecular formula is C30H27Cl2N3O4S. The molecule has 1 amide bonds. The fourth-order valence-corrected chi connectivity index (χ4v) is 5.57. The highest BCUT2D eigenvalue weighted by Crippen LogP contribution is 2.25. The van der Waals surface area contributed by atoms with Gasteiger partial charge < -0.3 is 4.74 Å². The molecule has 4 rings (SSSR count). The highest BCUT2D eigenvalue weighted by atomic mass is 35.5. The van der Waals surface area contributed by atoms with Crippen LogP contribution in [0.25, 0.3) is 0 Å². The number of benzene rings is 4. The molecule has 0 bridgehead atoms. The molecule has 0 aliphatic rings. The summed E-state index contributed by atoms with van der Waals surface area (Å²) in [6.45, 7) is 1.66. The van der Waals surface area contributed by atoms with Gasteiger partial charge in [0.2, 0.25) is 10.0 Å². The quantitative estimate of drug-likeness (QED) is 0.165. The Bertz CT molecular complexity index is 1600. The van der Waals surface area contributed by atoms with Crippen molar-refractivity contribution >= 4 is 45.3 Å². The fraction of sp³-hybridized carbons (Fsp3) is 0.133. The summed E-state index contributed by atoms with van der Waals surface area (Å²) < 4.78 is 33.8. The maximum absolute atomic E-state index is 13.5. The number of hydrogen-bond acceptors (Lipinski definition) is 5. The molecule has 206 valence electrons. The van der Waals surface area contributed by atoms with Gasteiger partial charge in [0.15, 0.2) is 0 Å². The molecule has 0 aliphatic carbocycles. The summed E-state index contributed by atoms with van der Waals surface area (Å²) in [6, 6.07) is 28.2. The van der Waals surface area contributed by atoms with Gasteiger partial charge in [0.1, 0.15) is 12.4 Å². The number of rotatable bonds is 11. The van der Waals surface area contributed by atoms with Gasteiger partial charge in [-0.15, -0.1) is 0 Å². The first-order chi connectivity index (χ1) is 19.2. The molecular weight excluding hydrogens is 569 g/mol. The molecule has 0 aromatic heterocycles. The number of hydrogen-bond donors (Lipinski definition) is 1. The number of halogens is 2. The summed E-state index contributed by atoms with van der Waals surface area (Å²) in [4.78, 5) is 12.9. The Morgan fingerprint density at radius 3 is 2.42 bits per heavy atom. The fourth-order valence-electron chi connectivity index (χ4n) is 3.72. The lowest BCUT2D eigenvalue weighted by molar-refractivity contribution is -0.121. The van der Waals surface area contributed by atoms with E-state index in [1.165, 1.54) is 24.4 Å². The molecule has 0 aliphatic heterocycles. The number of nitrogens with zero attached hydrogens (tertiary/aromatic N) is 2. The van der Waals surface area contributed by atoms with E-state index in [9.17, 15) is 13.2 Å². The largest absolute Gasteiger partial charge is 0.489 e. The lowest BCUT2D eigenvalue weighted by atomic mass is 10.2. The van der Waals surface area contributed by atoms with Crippen molar-refractivity contribution in [3.8, 4) is 5.75 Å². The number of nitrogens with one attached hydrogen (secondary N) is 1. The molecule has 1 N–H and O–H groups in total. The first-order valence-corrected chi connectivity index (χ1v) is 14.5. The van der Waals surface area contributed by atoms with Crippen LogP contribution in [0.1, 0.15) is 22.3 Å². The standard InChI is InChI=1S/C30H27Cl2N3O4S/c1-22-10-14-28(15-11-22)40(37,38)35(19-25-12-13-26(31)17-29(25)32)20-30(36)34-33-18-24-8-5-9-27(16-24)39-21-23-6-3-2-4-7-23/h2-18H,19-21H2,1H3,(H,34,36)/b33-18-. The molecule has 4 aromatic rings. The van der Waals surface area contributed by atoms with Crippen LogP contribution in [0, 0.1) is 6.92 Å². The van der Waals surface area contributed by atoms with Gasteiger partial charge in [0, 0.05) is 16.6 Å². The maximum atomic E-state index is 13.5. The predicted molar refractivity (Wildman–Crippen MR) is 158 cm³/mol. The number of carbonyl (C=O) groups is 1. The van der Waals surface area contributed by atoms with Crippen molar-refractivity contribution in [3.63, 3.8) is 0 Å². The van der Waals surface area contributed by atoms with Crippen LogP contribution in [0.5, 0.6) is 5.75 Å². The average molecular weight is 597 g/mol. The summed E-state index contributed by atoms with van der Waals surface area (Å²) in [7, 11) is -4.04. The van der Waals surface area contributed by atoms with Crippen LogP contribution in [-0.2, 0) is 28.0 Å². The van der Waals surface area contributed by atoms with Gasteiger partial charge in [-0.25, -0.2) is 13.8 Å². The van der Waals surface area contributed by atoms with Gasteiger partial charge in [-0.05, 0) is 60.0 Å². The van der Waals surface area contributed by atoms with Gasteiger partial charge >= 0.3 is 0 Å². The Balaban J connectivity index is 1.45. The number of carbonyl (C=O) groups excluding carboxylic acids is 1. The Morgan fingerprint density at radius 1 is 0.950 bits per heavy atom. The highest BCUT2D eigenvalue weighted by molar-refractivity contribution is 7.89. The molecule has 0 saturated carbocycles. The molecule has 0 radical (unpaired) electrons. The van der Waals surface area contributed by atoms with E-state index < -0.39 is 22.5 Å². The van der Waals surface area contributed by atoms with Crippen LogP contribution >= 0.6 is 23.2 Å². The van der Waals surface area contributed by atoms with Crippen LogP contribution in [-0.4, -0.2) is 31.4 Å². The number of sulfonamides is 1. The van der Waals surface area contributed by atoms with E-state index in [-0.39, 0.29) is 11.4 Å². The monoisotopic (exact) mass is 595 g/mol. The van der Waals surface area contributed by atoms with E-state index in [2.05, 4.69) is 10.5 Å². The Morgan fingerprint density at radius 2 is 1.70 bits per heavy atom. The molecule has 10 heteroatoms. The number of ether oxygens (including phenoxy) is 1. The minimum Gasteiger partial charge on any atom is -0.489 e. The van der Waals surface area contributed by atoms with Crippen LogP contribution in [0.3, 0.4) is 0 Å². The third-order valence-electron chi connectivity index (χ3n) is 5.85. The second kappa shape index (κ2) is 13.6. The van der Waals surface area contributed by atoms with E-state index in [1.807, 2.05) is 55.5 Å². The highest BCUT2D eigenvalue weighted by Gasteiger charge is 2.27. The van der Waals surface area contributed by atoms with Crippen molar-refractivity contribution in [3.05, 3.63) is 129 Å². The summed E-state index contributed by atoms with van der Waals surface area (Å²) in [6.07, 6.45) is 1.46. The Hall–Kier alpha value is -3.69. The molecule has 4 aromatic carbocycles. The molecule has 0 heterocycles. The normalized spacial score (nSPS) is 11.6. The van der Waals surface area contributed by atoms with Crippen molar-refractivity contribution in [1.82, 2.24) is 9.73 Å². The molecule has 0 spiro atoms. The van der Waals surface area contributed by atoms with Crippen molar-refractivity contribution in [1.29, 1.82) is 0 Å². The molecule has 7 nitrogen and oxygen atoms in total. The lowest BCUT2D eigenvalue weighted by Gasteiger charge is -2.22. The second-order valence-corrected chi connectivity index (χ2v) is 11.7. The molecule has 0 saturated heterocycles. The summed E-state index contributed by atoms with van der Waals surface area (Å²) in [5.74, 6) is 0.0304. The smallest absolute Gasteiger partial charge is 0.255 e. The summed E-state index contributed by atoms with van der Waals surface area (Å²) in [5.41, 5.74) is 5.56. The molecule has 0 atom stereocenters. The SMILES string of the molecule is Cc1ccc(S(=O)(=O)N(CC(=O)N/N=C\c2cccc(OCc3ccccc3)c2)Cc2ccc(Cl)cc2Cl)cc1. The van der Waals surface area contributed by atoms with Crippen LogP contribution in [0.4, 0.5) is 0 Å². The van der Waals surface area contributed by atoms with Crippen molar-refractivity contribution in [2.75, 3.05) is 6.54 Å². The molecule has 40 heavy (non-hydrogen) atoms. The third kappa shape index (κ3) is 8.16. The van der Waals surface area contributed by atoms with Crippen LogP contribution < -0.4 is 10.2 Å². The average Bonchev–Trinajstić information content (AvgIpc) is 2.94. The Kier molecular flexibility index (Phi) is 9.95. The second-order valence-electron chi connectivity index (χ2n) is 8.96. The van der Waals surface area contributed by atoms with E-state index >= 15 is 0 Å². The van der Waals surface area contributed by atoms with E-state index in [0.29, 0.717) is 33.5 Å². The van der Waals surface area contributed by atoms with Gasteiger partial charge in [0.25, 0.3) is 5.91 Å². The first kappa shape index (κ1) is 29.3. The summed E-state index contributed by atoms with van der Waals surface area (Å²) in [5, 5.41) is 4.73. The number of amides is 1. The van der Waals surface area contributed by atoms with E-state index in [4.69, 9.17) is 27.9 Å². The zero-order valence-corrected chi connectivity index (χ0v) is 24.0. The van der Waals surface area contributed by atoms with Crippen LogP contribution in [0.2, 0.25) is 10.0 Å². The van der Waals surface area contributed by atoms with Crippen molar-refractivity contribution < 1.29 is 17.9 Å². The number of aryl methyl sites for hydroxylation is 1. The van der Waals surface area contributed by atoms with E-state index in [1.54, 1.807) is 30.3 Å². The Labute approximate surface area is 244 Å². The zero-order valence-electron chi connectivity index (χ0n) is 21.6. The zero-order chi connectivity index (χ0) is 28.5. The summed E-state index contributed by atoms with van der Waals surface area (Å²) >= 11 is 12.3. The van der Waals surface area contributed by atoms with Gasteiger partial charge in [-0.1, -0.05) is 89.4 Å². The minimum absolute atomic E-state index is 0.0619. The maximum Gasteiger partial charge on any atom is 0.255 e. The van der Waals surface area contributed by atoms with E-state index in [0.717, 1.165) is 15.4 Å². The topological polar surface area (TPSA) is 88.1 Å². The van der Waals surface area contributed by atoms with Gasteiger partial charge in [-0.2, -0.15) is 9.41 Å². The van der Waals surface area contributed by atoms with Gasteiger partial charge in [0.05, 0.1) is 17.7 Å². The first-order valence-electron chi connectivity index (χ1n) is 12.3. The van der Waals surface area contributed by atoms with Crippen molar-refractivity contribution in [2.45, 2.75) is 25.0 Å². The van der Waals surface area contributed by atoms with Crippen LogP contribution in [0.15, 0.2) is 107 Å². The lowest BCUT2D eigenvalue weighted by Crippen LogP contribution is -2.39. The third-order valence-corrected chi connectivity index (χ3v) is 8.24. The number of hydrazone groups is 1. The molecule has 0 unspecified atom stereocenters. The predicted octanol–water partition coefficient (Wildman–Crippen LogP) is 6.22. The minimum atomic E-state index is -4.04. The molecule has 0 fully saturated rings. The van der Waals surface area contributed by atoms with Gasteiger partial charge in [-0.3, -0.25) is 4.79 Å². The van der Waals surface area contributed by atoms with Crippen molar-refractivity contribution in [2.24, 2.45) is 5.10 Å².